The summed E-state index contributed by atoms with van der Waals surface area (Å²) < 4.78 is 14.5. The highest BCUT2D eigenvalue weighted by Crippen LogP contribution is 2.29. The van der Waals surface area contributed by atoms with Crippen molar-refractivity contribution in [2.45, 2.75) is 47.0 Å². The van der Waals surface area contributed by atoms with Crippen molar-refractivity contribution in [3.05, 3.63) is 61.8 Å². The average Bonchev–Trinajstić information content (AvgIpc) is 2.64. The summed E-state index contributed by atoms with van der Waals surface area (Å²) in [6.45, 7) is 6.91. The number of halogens is 2. The van der Waals surface area contributed by atoms with Gasteiger partial charge in [0.15, 0.2) is 5.69 Å². The topological polar surface area (TPSA) is 56.0 Å². The lowest BCUT2D eigenvalue weighted by Crippen LogP contribution is -2.38. The van der Waals surface area contributed by atoms with Crippen molar-refractivity contribution in [1.82, 2.24) is 0 Å². The number of pyridine rings is 1. The fourth-order valence-electron chi connectivity index (χ4n) is 3.14. The van der Waals surface area contributed by atoms with E-state index in [0.717, 1.165) is 0 Å². The van der Waals surface area contributed by atoms with E-state index in [0.29, 0.717) is 45.6 Å². The Balaban J connectivity index is 2.60. The van der Waals surface area contributed by atoms with Gasteiger partial charge in [0.05, 0.1) is 10.6 Å². The summed E-state index contributed by atoms with van der Waals surface area (Å²) in [6, 6.07) is 2.80. The van der Waals surface area contributed by atoms with Gasteiger partial charge in [-0.1, -0.05) is 25.4 Å². The van der Waals surface area contributed by atoms with Crippen molar-refractivity contribution in [1.29, 1.82) is 0 Å². The molecule has 2 rings (SSSR count). The van der Waals surface area contributed by atoms with Crippen molar-refractivity contribution in [3.8, 4) is 12.3 Å². The average molecular weight is 389 g/mol. The Morgan fingerprint density at radius 3 is 2.30 bits per heavy atom. The first-order valence-corrected chi connectivity index (χ1v) is 9.11. The van der Waals surface area contributed by atoms with Gasteiger partial charge in [-0.3, -0.25) is 4.79 Å². The molecule has 0 spiro atoms. The number of rotatable bonds is 5. The van der Waals surface area contributed by atoms with Gasteiger partial charge < -0.3 is 10.5 Å². The second kappa shape index (κ2) is 8.41. The molecule has 0 radical (unpaired) electrons. The Kier molecular flexibility index (Phi) is 6.45. The maximum atomic E-state index is 13.8. The number of carbonyl (C=O) groups excluding carboxylic acids is 1. The molecule has 1 aromatic carbocycles. The molecule has 0 saturated heterocycles. The van der Waals surface area contributed by atoms with Gasteiger partial charge >= 0.3 is 0 Å². The highest BCUT2D eigenvalue weighted by molar-refractivity contribution is 6.35. The van der Waals surface area contributed by atoms with E-state index in [1.807, 2.05) is 13.8 Å². The fraction of sp³-hybridized carbons (Fsp3) is 0.333. The molecule has 6 heteroatoms. The molecule has 2 aromatic rings. The number of nitrogens with zero attached hydrogens (tertiary/aromatic N) is 1. The molecule has 1 N–H and O–H groups in total. The molecule has 1 heterocycles. The maximum absolute atomic E-state index is 13.8. The predicted molar refractivity (Wildman–Crippen MR) is 106 cm³/mol. The van der Waals surface area contributed by atoms with E-state index in [-0.39, 0.29) is 28.5 Å². The van der Waals surface area contributed by atoms with E-state index in [2.05, 4.69) is 11.2 Å². The standard InChI is InChI=1S/C21H22ClFN2O2/c1-6-9-17-12(4)25(27)13(5)18(19(17)22)21(26)24-20-14(7-2)10-16(23)11-15(20)8-3/h1,10-11H,7-9H2,2-5H3,(H,24,26). The van der Waals surface area contributed by atoms with Crippen molar-refractivity contribution >= 4 is 23.2 Å². The molecular weight excluding hydrogens is 367 g/mol. The summed E-state index contributed by atoms with van der Waals surface area (Å²) in [6.07, 6.45) is 6.61. The summed E-state index contributed by atoms with van der Waals surface area (Å²) >= 11 is 6.44. The zero-order valence-corrected chi connectivity index (χ0v) is 16.6. The van der Waals surface area contributed by atoms with E-state index in [4.69, 9.17) is 18.0 Å². The first kappa shape index (κ1) is 20.7. The van der Waals surface area contributed by atoms with Gasteiger partial charge in [-0.05, 0) is 36.1 Å². The van der Waals surface area contributed by atoms with Crippen LogP contribution >= 0.6 is 11.6 Å². The lowest BCUT2D eigenvalue weighted by molar-refractivity contribution is -0.619. The van der Waals surface area contributed by atoms with E-state index >= 15 is 0 Å². The van der Waals surface area contributed by atoms with Crippen LogP contribution in [-0.2, 0) is 19.3 Å². The van der Waals surface area contributed by atoms with E-state index in [1.165, 1.54) is 19.1 Å². The van der Waals surface area contributed by atoms with Gasteiger partial charge in [-0.2, -0.15) is 4.73 Å². The number of nitrogens with one attached hydrogen (secondary N) is 1. The van der Waals surface area contributed by atoms with Crippen molar-refractivity contribution in [3.63, 3.8) is 0 Å². The first-order chi connectivity index (χ1) is 12.8. The second-order valence-corrected chi connectivity index (χ2v) is 6.65. The largest absolute Gasteiger partial charge is 0.618 e. The molecule has 0 aliphatic rings. The number of carbonyl (C=O) groups is 1. The minimum atomic E-state index is -0.517. The summed E-state index contributed by atoms with van der Waals surface area (Å²) in [7, 11) is 0. The van der Waals surface area contributed by atoms with Gasteiger partial charge in [0, 0.05) is 26.0 Å². The van der Waals surface area contributed by atoms with Crippen LogP contribution in [0.5, 0.6) is 0 Å². The predicted octanol–water partition coefficient (Wildman–Crippen LogP) is 4.28. The number of anilines is 1. The quantitative estimate of drug-likeness (QED) is 0.472. The van der Waals surface area contributed by atoms with Crippen LogP contribution in [0.15, 0.2) is 12.1 Å². The summed E-state index contributed by atoms with van der Waals surface area (Å²) in [5, 5.41) is 15.4. The summed E-state index contributed by atoms with van der Waals surface area (Å²) in [5.41, 5.74) is 3.01. The monoisotopic (exact) mass is 388 g/mol. The second-order valence-electron chi connectivity index (χ2n) is 6.27. The highest BCUT2D eigenvalue weighted by atomic mass is 35.5. The Hall–Kier alpha value is -2.58. The maximum Gasteiger partial charge on any atom is 0.263 e. The third kappa shape index (κ3) is 3.91. The smallest absolute Gasteiger partial charge is 0.263 e. The van der Waals surface area contributed by atoms with Crippen LogP contribution in [0.2, 0.25) is 5.02 Å². The lowest BCUT2D eigenvalue weighted by atomic mass is 10.0. The van der Waals surface area contributed by atoms with Crippen LogP contribution < -0.4 is 10.0 Å². The van der Waals surface area contributed by atoms with Gasteiger partial charge in [0.1, 0.15) is 11.4 Å². The highest BCUT2D eigenvalue weighted by Gasteiger charge is 2.27. The van der Waals surface area contributed by atoms with Crippen LogP contribution in [0.1, 0.15) is 52.3 Å². The van der Waals surface area contributed by atoms with E-state index in [9.17, 15) is 14.4 Å². The normalized spacial score (nSPS) is 10.6. The fourth-order valence-corrected chi connectivity index (χ4v) is 3.56. The number of aryl methyl sites for hydroxylation is 2. The number of hydrogen-bond acceptors (Lipinski definition) is 2. The zero-order chi connectivity index (χ0) is 20.3. The molecule has 0 aliphatic carbocycles. The van der Waals surface area contributed by atoms with Crippen LogP contribution in [0.3, 0.4) is 0 Å². The zero-order valence-electron chi connectivity index (χ0n) is 15.9. The molecule has 1 amide bonds. The molecular formula is C21H22ClFN2O2. The molecule has 142 valence electrons. The van der Waals surface area contributed by atoms with Crippen LogP contribution in [-0.4, -0.2) is 5.91 Å². The SMILES string of the molecule is C#CCc1c(Cl)c(C(=O)Nc2c(CC)cc(F)cc2CC)c(C)[n+]([O-])c1C. The van der Waals surface area contributed by atoms with Crippen LogP contribution in [0.4, 0.5) is 10.1 Å². The first-order valence-electron chi connectivity index (χ1n) is 8.73. The molecule has 1 aromatic heterocycles. The molecule has 0 unspecified atom stereocenters. The minimum absolute atomic E-state index is 0.0796. The van der Waals surface area contributed by atoms with Gasteiger partial charge in [-0.15, -0.1) is 12.3 Å². The van der Waals surface area contributed by atoms with Crippen molar-refractivity contribution in [2.75, 3.05) is 5.32 Å². The number of amides is 1. The Labute approximate surface area is 163 Å². The number of terminal acetylenes is 1. The Morgan fingerprint density at radius 1 is 1.26 bits per heavy atom. The number of aromatic nitrogens is 1. The molecule has 27 heavy (non-hydrogen) atoms. The molecule has 0 fully saturated rings. The molecule has 0 atom stereocenters. The molecule has 0 aliphatic heterocycles. The van der Waals surface area contributed by atoms with Crippen molar-refractivity contribution < 1.29 is 13.9 Å². The Bertz CT molecular complexity index is 923. The van der Waals surface area contributed by atoms with Gasteiger partial charge in [0.2, 0.25) is 5.69 Å². The van der Waals surface area contributed by atoms with Crippen LogP contribution in [0.25, 0.3) is 0 Å². The van der Waals surface area contributed by atoms with Crippen molar-refractivity contribution in [2.24, 2.45) is 0 Å². The van der Waals surface area contributed by atoms with E-state index in [1.54, 1.807) is 6.92 Å². The van der Waals surface area contributed by atoms with Crippen LogP contribution in [0, 0.1) is 37.2 Å². The number of benzene rings is 1. The summed E-state index contributed by atoms with van der Waals surface area (Å²) in [5.74, 6) is 1.60. The van der Waals surface area contributed by atoms with Gasteiger partial charge in [-0.25, -0.2) is 4.39 Å². The summed E-state index contributed by atoms with van der Waals surface area (Å²) in [4.78, 5) is 13.0. The molecule has 0 bridgehead atoms. The Morgan fingerprint density at radius 2 is 1.81 bits per heavy atom. The molecule has 4 nitrogen and oxygen atoms in total. The van der Waals surface area contributed by atoms with E-state index < -0.39 is 5.91 Å². The third-order valence-electron chi connectivity index (χ3n) is 4.66. The lowest BCUT2D eigenvalue weighted by Gasteiger charge is -2.18. The number of hydrogen-bond donors (Lipinski definition) is 1. The third-order valence-corrected chi connectivity index (χ3v) is 5.08. The van der Waals surface area contributed by atoms with Gasteiger partial charge in [0.25, 0.3) is 5.91 Å². The molecule has 0 saturated carbocycles. The minimum Gasteiger partial charge on any atom is -0.618 e.